The Morgan fingerprint density at radius 3 is 2.32 bits per heavy atom. The summed E-state index contributed by atoms with van der Waals surface area (Å²) < 4.78 is 5.39. The number of aromatic nitrogens is 3. The summed E-state index contributed by atoms with van der Waals surface area (Å²) in [6, 6.07) is 14.8. The molecule has 0 bridgehead atoms. The van der Waals surface area contributed by atoms with Gasteiger partial charge in [-0.05, 0) is 29.2 Å². The van der Waals surface area contributed by atoms with Gasteiger partial charge in [-0.15, -0.1) is 5.10 Å². The van der Waals surface area contributed by atoms with E-state index in [1.165, 1.54) is 6.92 Å². The Kier molecular flexibility index (Phi) is 5.35. The van der Waals surface area contributed by atoms with E-state index in [1.807, 2.05) is 48.5 Å². The minimum atomic E-state index is -1.19. The molecule has 0 saturated carbocycles. The lowest BCUT2D eigenvalue weighted by Gasteiger charge is -2.13. The van der Waals surface area contributed by atoms with Crippen LogP contribution in [0.2, 0.25) is 0 Å². The molecule has 0 radical (unpaired) electrons. The van der Waals surface area contributed by atoms with Crippen LogP contribution in [0.4, 0.5) is 10.7 Å². The van der Waals surface area contributed by atoms with Crippen LogP contribution in [0.5, 0.6) is 0 Å². The lowest BCUT2D eigenvalue weighted by atomic mass is 9.98. The topological polar surface area (TPSA) is 146 Å². The van der Waals surface area contributed by atoms with Crippen LogP contribution >= 0.6 is 0 Å². The van der Waals surface area contributed by atoms with Crippen molar-refractivity contribution in [2.24, 2.45) is 0 Å². The van der Waals surface area contributed by atoms with E-state index < -0.39 is 24.0 Å². The lowest BCUT2D eigenvalue weighted by molar-refractivity contribution is -0.138. The molecule has 0 saturated heterocycles. The highest BCUT2D eigenvalue weighted by Gasteiger charge is 2.29. The molecular weight excluding hydrogens is 402 g/mol. The van der Waals surface area contributed by atoms with E-state index in [0.717, 1.165) is 22.3 Å². The molecule has 1 aliphatic carbocycles. The predicted molar refractivity (Wildman–Crippen MR) is 110 cm³/mol. The van der Waals surface area contributed by atoms with Crippen LogP contribution in [0.3, 0.4) is 0 Å². The molecule has 1 aliphatic rings. The summed E-state index contributed by atoms with van der Waals surface area (Å²) in [4.78, 5) is 38.8. The molecule has 4 rings (SSSR count). The van der Waals surface area contributed by atoms with Gasteiger partial charge < -0.3 is 15.2 Å². The zero-order valence-electron chi connectivity index (χ0n) is 16.5. The molecule has 2 aromatic carbocycles. The summed E-state index contributed by atoms with van der Waals surface area (Å²) in [5, 5.41) is 19.5. The first kappa shape index (κ1) is 20.1. The number of H-pyrrole nitrogens is 1. The van der Waals surface area contributed by atoms with Crippen molar-refractivity contribution in [3.05, 3.63) is 65.5 Å². The van der Waals surface area contributed by atoms with Gasteiger partial charge in [0.2, 0.25) is 5.82 Å². The Morgan fingerprint density at radius 2 is 1.71 bits per heavy atom. The van der Waals surface area contributed by atoms with E-state index in [4.69, 9.17) is 9.84 Å². The molecule has 0 aliphatic heterocycles. The number of amides is 2. The molecule has 10 heteroatoms. The van der Waals surface area contributed by atoms with E-state index >= 15 is 0 Å². The second-order valence-corrected chi connectivity index (χ2v) is 6.99. The highest BCUT2D eigenvalue weighted by molar-refractivity contribution is 5.94. The van der Waals surface area contributed by atoms with Gasteiger partial charge in [-0.25, -0.2) is 4.79 Å². The minimum absolute atomic E-state index is 0.0934. The Labute approximate surface area is 176 Å². The maximum absolute atomic E-state index is 12.2. The van der Waals surface area contributed by atoms with Gasteiger partial charge in [-0.3, -0.25) is 20.0 Å². The summed E-state index contributed by atoms with van der Waals surface area (Å²) >= 11 is 0. The Morgan fingerprint density at radius 1 is 1.10 bits per heavy atom. The van der Waals surface area contributed by atoms with Crippen LogP contribution in [0.25, 0.3) is 11.1 Å². The molecule has 3 aromatic rings. The predicted octanol–water partition coefficient (Wildman–Crippen LogP) is 2.37. The van der Waals surface area contributed by atoms with Crippen LogP contribution in [-0.2, 0) is 9.53 Å². The molecule has 0 unspecified atom stereocenters. The fourth-order valence-corrected chi connectivity index (χ4v) is 3.47. The summed E-state index contributed by atoms with van der Waals surface area (Å²) in [6.45, 7) is 1.43. The van der Waals surface area contributed by atoms with Crippen molar-refractivity contribution in [3.63, 3.8) is 0 Å². The van der Waals surface area contributed by atoms with Crippen LogP contribution in [-0.4, -0.2) is 50.9 Å². The van der Waals surface area contributed by atoms with Crippen molar-refractivity contribution >= 4 is 23.9 Å². The zero-order valence-corrected chi connectivity index (χ0v) is 16.5. The fourth-order valence-electron chi connectivity index (χ4n) is 3.47. The summed E-state index contributed by atoms with van der Waals surface area (Å²) in [7, 11) is 0. The van der Waals surface area contributed by atoms with Crippen LogP contribution in [0.15, 0.2) is 48.5 Å². The normalized spacial score (nSPS) is 13.1. The van der Waals surface area contributed by atoms with Crippen molar-refractivity contribution in [3.8, 4) is 11.1 Å². The van der Waals surface area contributed by atoms with E-state index in [1.54, 1.807) is 0 Å². The molecule has 158 valence electrons. The van der Waals surface area contributed by atoms with Crippen molar-refractivity contribution in [2.45, 2.75) is 18.9 Å². The molecule has 1 atom stereocenters. The van der Waals surface area contributed by atoms with Gasteiger partial charge in [-0.2, -0.15) is 4.98 Å². The summed E-state index contributed by atoms with van der Waals surface area (Å²) in [6.07, 6.45) is -0.772. The number of carboxylic acids is 1. The summed E-state index contributed by atoms with van der Waals surface area (Å²) in [5.74, 6) is -2.44. The van der Waals surface area contributed by atoms with Gasteiger partial charge in [0.25, 0.3) is 11.9 Å². The Bertz CT molecular complexity index is 1110. The number of benzene rings is 2. The number of rotatable bonds is 6. The zero-order chi connectivity index (χ0) is 22.0. The quantitative estimate of drug-likeness (QED) is 0.478. The number of aliphatic carboxylic acids is 1. The van der Waals surface area contributed by atoms with E-state index in [0.29, 0.717) is 0 Å². The molecule has 0 spiro atoms. The maximum Gasteiger partial charge on any atom is 0.414 e. The number of anilines is 1. The fraction of sp³-hybridized carbons (Fsp3) is 0.190. The second-order valence-electron chi connectivity index (χ2n) is 6.99. The maximum atomic E-state index is 12.2. The third-order valence-corrected chi connectivity index (χ3v) is 4.98. The SMILES string of the molecule is C[C@@H](NC(=O)c1nc(NC(=O)OCC2c3ccccc3-c3ccccc32)n[nH]1)C(=O)O. The van der Waals surface area contributed by atoms with E-state index in [2.05, 4.69) is 25.8 Å². The number of nitrogens with one attached hydrogen (secondary N) is 3. The molecule has 31 heavy (non-hydrogen) atoms. The van der Waals surface area contributed by atoms with Crippen molar-refractivity contribution in [1.82, 2.24) is 20.5 Å². The first-order valence-corrected chi connectivity index (χ1v) is 9.52. The Hall–Kier alpha value is -4.21. The molecule has 4 N–H and O–H groups in total. The van der Waals surface area contributed by atoms with Crippen LogP contribution < -0.4 is 10.6 Å². The van der Waals surface area contributed by atoms with Crippen molar-refractivity contribution in [1.29, 1.82) is 0 Å². The number of fused-ring (bicyclic) bond motifs is 3. The van der Waals surface area contributed by atoms with Gasteiger partial charge >= 0.3 is 12.1 Å². The lowest BCUT2D eigenvalue weighted by Crippen LogP contribution is -2.38. The van der Waals surface area contributed by atoms with Gasteiger partial charge in [0, 0.05) is 5.92 Å². The molecule has 0 fully saturated rings. The third kappa shape index (κ3) is 4.08. The molecule has 1 aromatic heterocycles. The average molecular weight is 421 g/mol. The molecule has 1 heterocycles. The highest BCUT2D eigenvalue weighted by Crippen LogP contribution is 2.44. The molecule has 10 nitrogen and oxygen atoms in total. The van der Waals surface area contributed by atoms with E-state index in [-0.39, 0.29) is 24.3 Å². The average Bonchev–Trinajstić information content (AvgIpc) is 3.35. The number of hydrogen-bond acceptors (Lipinski definition) is 6. The minimum Gasteiger partial charge on any atom is -0.480 e. The van der Waals surface area contributed by atoms with Gasteiger partial charge in [0.1, 0.15) is 12.6 Å². The Balaban J connectivity index is 1.38. The largest absolute Gasteiger partial charge is 0.480 e. The number of carboxylic acid groups (broad SMARTS) is 1. The number of ether oxygens (including phenoxy) is 1. The second kappa shape index (κ2) is 8.27. The molecular formula is C21H19N5O5. The van der Waals surface area contributed by atoms with E-state index in [9.17, 15) is 14.4 Å². The molecule has 2 amide bonds. The van der Waals surface area contributed by atoms with Gasteiger partial charge in [0.15, 0.2) is 0 Å². The number of aromatic amines is 1. The van der Waals surface area contributed by atoms with Crippen LogP contribution in [0, 0.1) is 0 Å². The standard InChI is InChI=1S/C21H19N5O5/c1-11(19(28)29)22-18(27)17-23-20(26-25-17)24-21(30)31-10-16-14-8-4-2-6-12(14)13-7-3-5-9-15(13)16/h2-9,11,16H,10H2,1H3,(H,22,27)(H,28,29)(H2,23,24,25,26,30)/t11-/m1/s1. The number of carbonyl (C=O) groups is 3. The monoisotopic (exact) mass is 421 g/mol. The van der Waals surface area contributed by atoms with Crippen molar-refractivity contribution in [2.75, 3.05) is 11.9 Å². The number of hydrogen-bond donors (Lipinski definition) is 4. The van der Waals surface area contributed by atoms with Crippen LogP contribution in [0.1, 0.15) is 34.6 Å². The number of carbonyl (C=O) groups excluding carboxylic acids is 2. The summed E-state index contributed by atoms with van der Waals surface area (Å²) in [5.41, 5.74) is 4.40. The van der Waals surface area contributed by atoms with Gasteiger partial charge in [-0.1, -0.05) is 48.5 Å². The van der Waals surface area contributed by atoms with Crippen molar-refractivity contribution < 1.29 is 24.2 Å². The highest BCUT2D eigenvalue weighted by atomic mass is 16.5. The smallest absolute Gasteiger partial charge is 0.414 e. The van der Waals surface area contributed by atoms with Gasteiger partial charge in [0.05, 0.1) is 0 Å². The first-order chi connectivity index (χ1) is 14.9. The first-order valence-electron chi connectivity index (χ1n) is 9.52. The number of nitrogens with zero attached hydrogens (tertiary/aromatic N) is 2. The third-order valence-electron chi connectivity index (χ3n) is 4.98.